The molecule has 2 fully saturated rings. The zero-order valence-corrected chi connectivity index (χ0v) is 23.7. The molecule has 1 aliphatic carbocycles. The van der Waals surface area contributed by atoms with E-state index in [1.807, 2.05) is 19.9 Å². The van der Waals surface area contributed by atoms with Gasteiger partial charge in [0.05, 0.1) is 12.1 Å². The van der Waals surface area contributed by atoms with Crippen molar-refractivity contribution in [2.24, 2.45) is 11.8 Å². The molecule has 6 heteroatoms. The molecule has 1 saturated heterocycles. The van der Waals surface area contributed by atoms with Crippen molar-refractivity contribution in [3.05, 3.63) is 82.4 Å². The Morgan fingerprint density at radius 3 is 2.67 bits per heavy atom. The summed E-state index contributed by atoms with van der Waals surface area (Å²) in [5.41, 5.74) is 6.77. The molecule has 2 aliphatic heterocycles. The average Bonchev–Trinajstić information content (AvgIpc) is 3.70. The summed E-state index contributed by atoms with van der Waals surface area (Å²) in [4.78, 5) is 18.5. The fourth-order valence-electron chi connectivity index (χ4n) is 6.81. The van der Waals surface area contributed by atoms with Crippen molar-refractivity contribution in [1.29, 1.82) is 0 Å². The second kappa shape index (κ2) is 11.0. The van der Waals surface area contributed by atoms with E-state index in [1.54, 1.807) is 0 Å². The normalized spacial score (nSPS) is 22.4. The van der Waals surface area contributed by atoms with Gasteiger partial charge in [-0.15, -0.1) is 0 Å². The van der Waals surface area contributed by atoms with E-state index in [2.05, 4.69) is 53.2 Å². The average molecular weight is 543 g/mol. The molecule has 0 spiro atoms. The molecule has 2 aromatic carbocycles. The highest BCUT2D eigenvalue weighted by Crippen LogP contribution is 2.48. The maximum atomic E-state index is 15.0. The number of aryl methyl sites for hydroxylation is 2. The summed E-state index contributed by atoms with van der Waals surface area (Å²) in [5.74, 6) is -0.154. The number of fused-ring (bicyclic) bond motifs is 1. The second-order valence-corrected chi connectivity index (χ2v) is 12.2. The van der Waals surface area contributed by atoms with E-state index in [-0.39, 0.29) is 17.8 Å². The largest absolute Gasteiger partial charge is 0.485 e. The summed E-state index contributed by atoms with van der Waals surface area (Å²) < 4.78 is 21.6. The summed E-state index contributed by atoms with van der Waals surface area (Å²) in [5, 5.41) is 9.74. The van der Waals surface area contributed by atoms with Crippen LogP contribution in [0.4, 0.5) is 4.39 Å². The van der Waals surface area contributed by atoms with E-state index in [4.69, 9.17) is 4.74 Å². The Morgan fingerprint density at radius 2 is 1.95 bits per heavy atom. The van der Waals surface area contributed by atoms with Gasteiger partial charge >= 0.3 is 5.97 Å². The van der Waals surface area contributed by atoms with E-state index in [0.29, 0.717) is 17.5 Å². The monoisotopic (exact) mass is 542 g/mol. The summed E-state index contributed by atoms with van der Waals surface area (Å²) in [6.45, 7) is 7.81. The number of hydrogen-bond acceptors (Lipinski definition) is 4. The number of ether oxygens (including phenoxy) is 1. The highest BCUT2D eigenvalue weighted by molar-refractivity contribution is 5.71. The van der Waals surface area contributed by atoms with E-state index < -0.39 is 11.9 Å². The number of likely N-dealkylation sites (tertiary alicyclic amines) is 1. The number of pyridine rings is 1. The number of hydrogen-bond donors (Lipinski definition) is 1. The molecule has 6 rings (SSSR count). The highest BCUT2D eigenvalue weighted by Gasteiger charge is 2.39. The summed E-state index contributed by atoms with van der Waals surface area (Å²) in [7, 11) is 0. The molecule has 210 valence electrons. The van der Waals surface area contributed by atoms with Crippen LogP contribution < -0.4 is 4.74 Å². The topological polar surface area (TPSA) is 62.7 Å². The molecule has 40 heavy (non-hydrogen) atoms. The molecule has 3 aliphatic rings. The quantitative estimate of drug-likeness (QED) is 0.320. The SMILES string of the molecule is Cc1cc(-c2ccc(C3CCc4ccc([C@H](C5CC5)[C@H](C)C(=O)O)cc4O3)cc2CN2CCC[C@@H]2C)c(F)cn1. The van der Waals surface area contributed by atoms with Gasteiger partial charge < -0.3 is 9.84 Å². The first-order valence-corrected chi connectivity index (χ1v) is 14.8. The maximum absolute atomic E-state index is 15.0. The predicted molar refractivity (Wildman–Crippen MR) is 154 cm³/mol. The third kappa shape index (κ3) is 5.38. The van der Waals surface area contributed by atoms with Crippen LogP contribution in [0.1, 0.15) is 85.9 Å². The number of halogens is 1. The van der Waals surface area contributed by atoms with Crippen LogP contribution in [0.15, 0.2) is 48.7 Å². The standard InChI is InChI=1S/C34H39FN2O3/c1-20-15-29(30(35)18-36-20)28-12-10-25(16-27(28)19-37-14-4-5-21(37)2)31-13-11-23-6-9-26(17-32(23)40-31)33(24-7-8-24)22(3)34(38)39/h6,9-10,12,15-18,21-22,24,31,33H,4-5,7-8,11,13-14,19H2,1-3H3,(H,38,39)/t21-,22-,31?,33-/m0/s1. The number of aliphatic carboxylic acids is 1. The molecule has 0 bridgehead atoms. The Hall–Kier alpha value is -3.25. The Labute approximate surface area is 236 Å². The maximum Gasteiger partial charge on any atom is 0.306 e. The van der Waals surface area contributed by atoms with Crippen molar-refractivity contribution in [2.75, 3.05) is 6.54 Å². The minimum absolute atomic E-state index is 0.0128. The van der Waals surface area contributed by atoms with Crippen molar-refractivity contribution >= 4 is 5.97 Å². The Morgan fingerprint density at radius 1 is 1.12 bits per heavy atom. The molecular weight excluding hydrogens is 503 g/mol. The molecular formula is C34H39FN2O3. The summed E-state index contributed by atoms with van der Waals surface area (Å²) in [6, 6.07) is 15.0. The predicted octanol–water partition coefficient (Wildman–Crippen LogP) is 7.46. The molecule has 3 aromatic rings. The summed E-state index contributed by atoms with van der Waals surface area (Å²) in [6.07, 6.45) is 7.53. The lowest BCUT2D eigenvalue weighted by molar-refractivity contribution is -0.142. The lowest BCUT2D eigenvalue weighted by atomic mass is 9.82. The van der Waals surface area contributed by atoms with E-state index in [0.717, 1.165) is 72.5 Å². The lowest BCUT2D eigenvalue weighted by Gasteiger charge is -2.30. The van der Waals surface area contributed by atoms with Gasteiger partial charge in [0, 0.05) is 23.8 Å². The van der Waals surface area contributed by atoms with Gasteiger partial charge in [0.15, 0.2) is 0 Å². The van der Waals surface area contributed by atoms with Crippen molar-refractivity contribution in [1.82, 2.24) is 9.88 Å². The molecule has 5 nitrogen and oxygen atoms in total. The first-order valence-electron chi connectivity index (χ1n) is 14.8. The number of nitrogens with zero attached hydrogens (tertiary/aromatic N) is 2. The first-order chi connectivity index (χ1) is 19.3. The van der Waals surface area contributed by atoms with Crippen molar-refractivity contribution in [2.45, 2.75) is 83.9 Å². The van der Waals surface area contributed by atoms with Gasteiger partial charge in [-0.05, 0) is 111 Å². The molecule has 3 heterocycles. The lowest BCUT2D eigenvalue weighted by Crippen LogP contribution is -2.26. The third-order valence-electron chi connectivity index (χ3n) is 9.33. The minimum Gasteiger partial charge on any atom is -0.485 e. The third-order valence-corrected chi connectivity index (χ3v) is 9.33. The van der Waals surface area contributed by atoms with Gasteiger partial charge in [0.2, 0.25) is 0 Å². The van der Waals surface area contributed by atoms with E-state index >= 15 is 0 Å². The van der Waals surface area contributed by atoms with E-state index in [1.165, 1.54) is 24.6 Å². The molecule has 0 radical (unpaired) electrons. The number of carboxylic acid groups (broad SMARTS) is 1. The van der Waals surface area contributed by atoms with Crippen LogP contribution >= 0.6 is 0 Å². The van der Waals surface area contributed by atoms with Crippen LogP contribution in [-0.4, -0.2) is 33.5 Å². The summed E-state index contributed by atoms with van der Waals surface area (Å²) >= 11 is 0. The smallest absolute Gasteiger partial charge is 0.306 e. The number of carboxylic acids is 1. The fourth-order valence-corrected chi connectivity index (χ4v) is 6.81. The van der Waals surface area contributed by atoms with Gasteiger partial charge in [-0.2, -0.15) is 0 Å². The van der Waals surface area contributed by atoms with Gasteiger partial charge in [-0.3, -0.25) is 14.7 Å². The molecule has 4 atom stereocenters. The van der Waals surface area contributed by atoms with Gasteiger partial charge in [-0.1, -0.05) is 37.3 Å². The number of rotatable bonds is 8. The van der Waals surface area contributed by atoms with Crippen molar-refractivity contribution in [3.8, 4) is 16.9 Å². The number of aromatic nitrogens is 1. The zero-order chi connectivity index (χ0) is 28.0. The van der Waals surface area contributed by atoms with Gasteiger partial charge in [0.1, 0.15) is 17.7 Å². The Kier molecular flexibility index (Phi) is 7.39. The molecule has 0 amide bonds. The zero-order valence-electron chi connectivity index (χ0n) is 23.7. The molecule has 1 unspecified atom stereocenters. The van der Waals surface area contributed by atoms with Crippen LogP contribution in [0.25, 0.3) is 11.1 Å². The van der Waals surface area contributed by atoms with Crippen LogP contribution in [0.3, 0.4) is 0 Å². The molecule has 1 aromatic heterocycles. The first kappa shape index (κ1) is 26.9. The molecule has 1 saturated carbocycles. The van der Waals surface area contributed by atoms with Crippen LogP contribution in [0.2, 0.25) is 0 Å². The van der Waals surface area contributed by atoms with Crippen molar-refractivity contribution < 1.29 is 19.0 Å². The van der Waals surface area contributed by atoms with Crippen LogP contribution in [0, 0.1) is 24.6 Å². The number of carbonyl (C=O) groups is 1. The number of benzene rings is 2. The highest BCUT2D eigenvalue weighted by atomic mass is 19.1. The minimum atomic E-state index is -0.741. The Balaban J connectivity index is 1.32. The second-order valence-electron chi connectivity index (χ2n) is 12.2. The van der Waals surface area contributed by atoms with Crippen LogP contribution in [-0.2, 0) is 17.8 Å². The van der Waals surface area contributed by atoms with Gasteiger partial charge in [-0.25, -0.2) is 4.39 Å². The molecule has 1 N–H and O–H groups in total. The van der Waals surface area contributed by atoms with E-state index in [9.17, 15) is 14.3 Å². The van der Waals surface area contributed by atoms with Gasteiger partial charge in [0.25, 0.3) is 0 Å². The van der Waals surface area contributed by atoms with Crippen LogP contribution in [0.5, 0.6) is 5.75 Å². The fraction of sp³-hybridized carbons (Fsp3) is 0.471. The van der Waals surface area contributed by atoms with Crippen molar-refractivity contribution in [3.63, 3.8) is 0 Å². The Bertz CT molecular complexity index is 1420.